The molecule has 1 unspecified atom stereocenters. The molecule has 0 fully saturated rings. The van der Waals surface area contributed by atoms with E-state index >= 15 is 0 Å². The molecule has 1 N–H and O–H groups in total. The van der Waals surface area contributed by atoms with Crippen LogP contribution in [0, 0.1) is 12.7 Å². The smallest absolute Gasteiger partial charge is 0.266 e. The Bertz CT molecular complexity index is 876. The van der Waals surface area contributed by atoms with Crippen molar-refractivity contribution in [3.63, 3.8) is 0 Å². The Balaban J connectivity index is 1.73. The van der Waals surface area contributed by atoms with Gasteiger partial charge in [0.2, 0.25) is 5.82 Å². The van der Waals surface area contributed by atoms with Crippen LogP contribution in [0.1, 0.15) is 18.9 Å². The summed E-state index contributed by atoms with van der Waals surface area (Å²) in [7, 11) is 0. The van der Waals surface area contributed by atoms with Gasteiger partial charge >= 0.3 is 0 Å². The number of ether oxygens (including phenoxy) is 1. The number of aromatic nitrogens is 2. The van der Waals surface area contributed by atoms with Gasteiger partial charge in [-0.2, -0.15) is 0 Å². The second-order valence-corrected chi connectivity index (χ2v) is 5.79. The number of amides is 1. The summed E-state index contributed by atoms with van der Waals surface area (Å²) in [6.45, 7) is 3.79. The number of nitrogens with zero attached hydrogens (tertiary/aromatic N) is 2. The molecule has 134 valence electrons. The van der Waals surface area contributed by atoms with Crippen molar-refractivity contribution in [2.75, 3.05) is 5.32 Å². The molecule has 1 heterocycles. The van der Waals surface area contributed by atoms with E-state index in [1.165, 1.54) is 24.3 Å². The number of anilines is 1. The van der Waals surface area contributed by atoms with Gasteiger partial charge in [0.25, 0.3) is 5.91 Å². The summed E-state index contributed by atoms with van der Waals surface area (Å²) >= 11 is 0. The molecule has 7 heteroatoms. The fraction of sp³-hybridized carbons (Fsp3) is 0.211. The van der Waals surface area contributed by atoms with Gasteiger partial charge in [0.05, 0.1) is 0 Å². The third-order valence-electron chi connectivity index (χ3n) is 3.81. The predicted molar refractivity (Wildman–Crippen MR) is 94.2 cm³/mol. The van der Waals surface area contributed by atoms with Crippen molar-refractivity contribution in [2.24, 2.45) is 0 Å². The molecule has 0 radical (unpaired) electrons. The average Bonchev–Trinajstić information content (AvgIpc) is 3.10. The van der Waals surface area contributed by atoms with E-state index in [2.05, 4.69) is 15.6 Å². The summed E-state index contributed by atoms with van der Waals surface area (Å²) in [6, 6.07) is 13.1. The first-order chi connectivity index (χ1) is 12.6. The number of benzene rings is 2. The zero-order chi connectivity index (χ0) is 18.5. The average molecular weight is 355 g/mol. The van der Waals surface area contributed by atoms with Gasteiger partial charge in [0.1, 0.15) is 11.6 Å². The van der Waals surface area contributed by atoms with Crippen LogP contribution in [-0.4, -0.2) is 22.3 Å². The molecule has 26 heavy (non-hydrogen) atoms. The van der Waals surface area contributed by atoms with E-state index < -0.39 is 6.10 Å². The van der Waals surface area contributed by atoms with Crippen molar-refractivity contribution in [1.29, 1.82) is 0 Å². The SMILES string of the molecule is CCC(Oc1ccc(F)cc1)C(=O)Nc1nonc1-c1ccc(C)cc1. The monoisotopic (exact) mass is 355 g/mol. The highest BCUT2D eigenvalue weighted by molar-refractivity contribution is 5.96. The number of carbonyl (C=O) groups is 1. The molecule has 6 nitrogen and oxygen atoms in total. The highest BCUT2D eigenvalue weighted by atomic mass is 19.1. The van der Waals surface area contributed by atoms with E-state index in [-0.39, 0.29) is 17.5 Å². The standard InChI is InChI=1S/C19H18FN3O3/c1-3-16(25-15-10-8-14(20)9-11-15)19(24)21-18-17(22-26-23-18)13-6-4-12(2)5-7-13/h4-11,16H,3H2,1-2H3,(H,21,23,24). The zero-order valence-corrected chi connectivity index (χ0v) is 14.4. The molecule has 0 aliphatic rings. The molecule has 0 spiro atoms. The van der Waals surface area contributed by atoms with Crippen molar-refractivity contribution < 1.29 is 18.6 Å². The minimum atomic E-state index is -0.761. The van der Waals surface area contributed by atoms with Crippen LogP contribution in [0.2, 0.25) is 0 Å². The molecule has 3 aromatic rings. The zero-order valence-electron chi connectivity index (χ0n) is 14.4. The number of rotatable bonds is 6. The van der Waals surface area contributed by atoms with E-state index in [1.807, 2.05) is 38.1 Å². The molecule has 3 rings (SSSR count). The molecule has 1 atom stereocenters. The Hall–Kier alpha value is -3.22. The maximum atomic E-state index is 13.0. The Morgan fingerprint density at radius 1 is 1.15 bits per heavy atom. The van der Waals surface area contributed by atoms with E-state index in [4.69, 9.17) is 9.37 Å². The lowest BCUT2D eigenvalue weighted by molar-refractivity contribution is -0.122. The third-order valence-corrected chi connectivity index (χ3v) is 3.81. The van der Waals surface area contributed by atoms with Crippen LogP contribution in [0.25, 0.3) is 11.3 Å². The van der Waals surface area contributed by atoms with Crippen LogP contribution in [-0.2, 0) is 4.79 Å². The summed E-state index contributed by atoms with van der Waals surface area (Å²) in [5.74, 6) is -0.127. The van der Waals surface area contributed by atoms with E-state index in [0.717, 1.165) is 11.1 Å². The van der Waals surface area contributed by atoms with Crippen LogP contribution in [0.4, 0.5) is 10.2 Å². The fourth-order valence-electron chi connectivity index (χ4n) is 2.37. The Kier molecular flexibility index (Phi) is 5.26. The van der Waals surface area contributed by atoms with Crippen LogP contribution < -0.4 is 10.1 Å². The fourth-order valence-corrected chi connectivity index (χ4v) is 2.37. The predicted octanol–water partition coefficient (Wildman–Crippen LogP) is 3.98. The van der Waals surface area contributed by atoms with Gasteiger partial charge in [-0.1, -0.05) is 36.8 Å². The summed E-state index contributed by atoms with van der Waals surface area (Å²) in [6.07, 6.45) is -0.336. The lowest BCUT2D eigenvalue weighted by atomic mass is 10.1. The van der Waals surface area contributed by atoms with Crippen LogP contribution >= 0.6 is 0 Å². The molecule has 0 bridgehead atoms. The molecule has 0 saturated heterocycles. The second kappa shape index (κ2) is 7.77. The normalized spacial score (nSPS) is 11.8. The lowest BCUT2D eigenvalue weighted by Crippen LogP contribution is -2.32. The van der Waals surface area contributed by atoms with Gasteiger partial charge in [-0.05, 0) is 47.9 Å². The summed E-state index contributed by atoms with van der Waals surface area (Å²) in [5, 5.41) is 10.3. The minimum Gasteiger partial charge on any atom is -0.481 e. The molecular formula is C19H18FN3O3. The largest absolute Gasteiger partial charge is 0.481 e. The quantitative estimate of drug-likeness (QED) is 0.724. The molecule has 1 aromatic heterocycles. The van der Waals surface area contributed by atoms with Crippen molar-refractivity contribution >= 4 is 11.7 Å². The van der Waals surface area contributed by atoms with Crippen molar-refractivity contribution in [1.82, 2.24) is 10.3 Å². The van der Waals surface area contributed by atoms with Crippen molar-refractivity contribution in [3.8, 4) is 17.0 Å². The van der Waals surface area contributed by atoms with Gasteiger partial charge in [0.15, 0.2) is 11.8 Å². The number of hydrogen-bond acceptors (Lipinski definition) is 5. The first-order valence-corrected chi connectivity index (χ1v) is 8.19. The molecule has 1 amide bonds. The summed E-state index contributed by atoms with van der Waals surface area (Å²) in [5.41, 5.74) is 2.32. The maximum absolute atomic E-state index is 13.0. The van der Waals surface area contributed by atoms with Crippen molar-refractivity contribution in [2.45, 2.75) is 26.4 Å². The van der Waals surface area contributed by atoms with E-state index in [9.17, 15) is 9.18 Å². The topological polar surface area (TPSA) is 77.2 Å². The Morgan fingerprint density at radius 3 is 2.50 bits per heavy atom. The third kappa shape index (κ3) is 4.05. The number of nitrogens with one attached hydrogen (secondary N) is 1. The van der Waals surface area contributed by atoms with Crippen LogP contribution in [0.5, 0.6) is 5.75 Å². The van der Waals surface area contributed by atoms with Crippen molar-refractivity contribution in [3.05, 3.63) is 59.9 Å². The summed E-state index contributed by atoms with van der Waals surface area (Å²) in [4.78, 5) is 12.5. The van der Waals surface area contributed by atoms with Gasteiger partial charge in [-0.3, -0.25) is 4.79 Å². The second-order valence-electron chi connectivity index (χ2n) is 5.79. The van der Waals surface area contributed by atoms with Crippen LogP contribution in [0.15, 0.2) is 53.2 Å². The molecule has 2 aromatic carbocycles. The highest BCUT2D eigenvalue weighted by Crippen LogP contribution is 2.25. The lowest BCUT2D eigenvalue weighted by Gasteiger charge is -2.16. The maximum Gasteiger partial charge on any atom is 0.266 e. The van der Waals surface area contributed by atoms with Gasteiger partial charge < -0.3 is 10.1 Å². The van der Waals surface area contributed by atoms with Gasteiger partial charge in [-0.25, -0.2) is 9.02 Å². The molecule has 0 saturated carbocycles. The first-order valence-electron chi connectivity index (χ1n) is 8.19. The minimum absolute atomic E-state index is 0.222. The van der Waals surface area contributed by atoms with E-state index in [0.29, 0.717) is 17.9 Å². The Morgan fingerprint density at radius 2 is 1.85 bits per heavy atom. The number of halogens is 1. The molecule has 0 aliphatic carbocycles. The van der Waals surface area contributed by atoms with E-state index in [1.54, 1.807) is 0 Å². The number of hydrogen-bond donors (Lipinski definition) is 1. The first kappa shape index (κ1) is 17.6. The van der Waals surface area contributed by atoms with Gasteiger partial charge in [-0.15, -0.1) is 0 Å². The van der Waals surface area contributed by atoms with Crippen LogP contribution in [0.3, 0.4) is 0 Å². The highest BCUT2D eigenvalue weighted by Gasteiger charge is 2.22. The molecular weight excluding hydrogens is 337 g/mol. The number of carbonyl (C=O) groups excluding carboxylic acids is 1. The summed E-state index contributed by atoms with van der Waals surface area (Å²) < 4.78 is 23.4. The van der Waals surface area contributed by atoms with Gasteiger partial charge in [0, 0.05) is 5.56 Å². The Labute approximate surface area is 149 Å². The number of aryl methyl sites for hydroxylation is 1. The molecule has 0 aliphatic heterocycles.